The Morgan fingerprint density at radius 2 is 1.90 bits per heavy atom. The molecule has 1 saturated carbocycles. The first-order valence-corrected chi connectivity index (χ1v) is 8.50. The Morgan fingerprint density at radius 3 is 2.45 bits per heavy atom. The van der Waals surface area contributed by atoms with Crippen LogP contribution in [-0.4, -0.2) is 17.2 Å². The molecule has 1 aliphatic carbocycles. The van der Waals surface area contributed by atoms with E-state index < -0.39 is 5.97 Å². The van der Waals surface area contributed by atoms with Gasteiger partial charge in [-0.1, -0.05) is 13.3 Å². The van der Waals surface area contributed by atoms with Crippen molar-refractivity contribution < 1.29 is 14.6 Å². The fraction of sp³-hybridized carbons (Fsp3) is 0.533. The lowest BCUT2D eigenvalue weighted by Gasteiger charge is -2.32. The highest BCUT2D eigenvalue weighted by Gasteiger charge is 2.27. The molecule has 2 rings (SSSR count). The van der Waals surface area contributed by atoms with Gasteiger partial charge in [-0.25, -0.2) is 4.79 Å². The third-order valence-corrected chi connectivity index (χ3v) is 5.06. The normalized spacial score (nSPS) is 22.6. The molecule has 1 fully saturated rings. The molecule has 2 unspecified atom stereocenters. The number of carboxylic acid groups (broad SMARTS) is 1. The Morgan fingerprint density at radius 1 is 1.30 bits per heavy atom. The molecule has 1 aliphatic rings. The average molecular weight is 406 g/mol. The van der Waals surface area contributed by atoms with Crippen molar-refractivity contribution in [2.45, 2.75) is 45.1 Å². The van der Waals surface area contributed by atoms with E-state index >= 15 is 0 Å². The van der Waals surface area contributed by atoms with Gasteiger partial charge in [0.05, 0.1) is 14.5 Å². The zero-order valence-electron chi connectivity index (χ0n) is 11.4. The molecule has 0 amide bonds. The maximum absolute atomic E-state index is 11.0. The largest absolute Gasteiger partial charge is 0.488 e. The molecule has 0 saturated heterocycles. The first-order valence-electron chi connectivity index (χ1n) is 6.92. The number of halogens is 2. The summed E-state index contributed by atoms with van der Waals surface area (Å²) in [6.07, 6.45) is 6.09. The van der Waals surface area contributed by atoms with E-state index in [0.717, 1.165) is 12.8 Å². The molecule has 0 bridgehead atoms. The Bertz CT molecular complexity index is 479. The van der Waals surface area contributed by atoms with Crippen LogP contribution in [0.1, 0.15) is 49.4 Å². The number of rotatable bonds is 4. The summed E-state index contributed by atoms with van der Waals surface area (Å²) in [5, 5.41) is 9.04. The number of ether oxygens (including phenoxy) is 1. The summed E-state index contributed by atoms with van der Waals surface area (Å²) in [5.74, 6) is 0.351. The molecule has 1 N–H and O–H groups in total. The summed E-state index contributed by atoms with van der Waals surface area (Å²) >= 11 is 6.83. The number of hydrogen-bond donors (Lipinski definition) is 1. The van der Waals surface area contributed by atoms with Crippen molar-refractivity contribution >= 4 is 37.8 Å². The smallest absolute Gasteiger partial charge is 0.335 e. The van der Waals surface area contributed by atoms with Gasteiger partial charge in [0.25, 0.3) is 0 Å². The van der Waals surface area contributed by atoms with Gasteiger partial charge in [0.1, 0.15) is 11.9 Å². The van der Waals surface area contributed by atoms with Crippen molar-refractivity contribution in [2.75, 3.05) is 0 Å². The molecule has 0 aliphatic heterocycles. The van der Waals surface area contributed by atoms with Crippen molar-refractivity contribution in [2.24, 2.45) is 5.92 Å². The monoisotopic (exact) mass is 404 g/mol. The van der Waals surface area contributed by atoms with Crippen molar-refractivity contribution in [3.63, 3.8) is 0 Å². The van der Waals surface area contributed by atoms with E-state index in [4.69, 9.17) is 9.84 Å². The second kappa shape index (κ2) is 6.94. The molecule has 5 heteroatoms. The zero-order valence-corrected chi connectivity index (χ0v) is 14.5. The Labute approximate surface area is 136 Å². The van der Waals surface area contributed by atoms with E-state index in [2.05, 4.69) is 38.8 Å². The molecule has 2 atom stereocenters. The standard InChI is InChI=1S/C15H18Br2O3/c1-2-9-5-3-4-6-13(9)20-14-11(16)7-10(15(18)19)8-12(14)17/h7-9,13H,2-6H2,1H3,(H,18,19). The third kappa shape index (κ3) is 3.55. The van der Waals surface area contributed by atoms with E-state index in [1.165, 1.54) is 19.3 Å². The summed E-state index contributed by atoms with van der Waals surface area (Å²) in [7, 11) is 0. The predicted molar refractivity (Wildman–Crippen MR) is 85.5 cm³/mol. The summed E-state index contributed by atoms with van der Waals surface area (Å²) in [6, 6.07) is 3.18. The summed E-state index contributed by atoms with van der Waals surface area (Å²) < 4.78 is 7.54. The predicted octanol–water partition coefficient (Wildman–Crippen LogP) is 5.26. The first-order chi connectivity index (χ1) is 9.52. The lowest BCUT2D eigenvalue weighted by atomic mass is 9.85. The van der Waals surface area contributed by atoms with Crippen LogP contribution in [0.15, 0.2) is 21.1 Å². The Balaban J connectivity index is 2.22. The molecule has 3 nitrogen and oxygen atoms in total. The van der Waals surface area contributed by atoms with Crippen LogP contribution in [0.5, 0.6) is 5.75 Å². The van der Waals surface area contributed by atoms with Gasteiger partial charge in [0.15, 0.2) is 0 Å². The van der Waals surface area contributed by atoms with E-state index in [0.29, 0.717) is 20.6 Å². The SMILES string of the molecule is CCC1CCCCC1Oc1c(Br)cc(C(=O)O)cc1Br. The van der Waals surface area contributed by atoms with Gasteiger partial charge in [-0.2, -0.15) is 0 Å². The summed E-state index contributed by atoms with van der Waals surface area (Å²) in [4.78, 5) is 11.0. The minimum absolute atomic E-state index is 0.219. The molecule has 0 heterocycles. The molecular formula is C15H18Br2O3. The quantitative estimate of drug-likeness (QED) is 0.743. The van der Waals surface area contributed by atoms with Crippen molar-refractivity contribution in [3.05, 3.63) is 26.6 Å². The highest BCUT2D eigenvalue weighted by molar-refractivity contribution is 9.11. The van der Waals surface area contributed by atoms with Crippen molar-refractivity contribution in [1.29, 1.82) is 0 Å². The first kappa shape index (κ1) is 15.8. The van der Waals surface area contributed by atoms with Gasteiger partial charge in [0, 0.05) is 0 Å². The second-order valence-electron chi connectivity index (χ2n) is 5.18. The Kier molecular flexibility index (Phi) is 5.49. The molecule has 0 spiro atoms. The van der Waals surface area contributed by atoms with Gasteiger partial charge >= 0.3 is 5.97 Å². The number of carbonyl (C=O) groups is 1. The van der Waals surface area contributed by atoms with E-state index in [1.54, 1.807) is 12.1 Å². The molecule has 1 aromatic rings. The highest BCUT2D eigenvalue weighted by Crippen LogP contribution is 2.38. The highest BCUT2D eigenvalue weighted by atomic mass is 79.9. The van der Waals surface area contributed by atoms with Gasteiger partial charge in [-0.3, -0.25) is 0 Å². The number of benzene rings is 1. The van der Waals surface area contributed by atoms with Crippen LogP contribution in [-0.2, 0) is 0 Å². The maximum Gasteiger partial charge on any atom is 0.335 e. The van der Waals surface area contributed by atoms with Gasteiger partial charge in [-0.05, 0) is 75.6 Å². The molecule has 1 aromatic carbocycles. The van der Waals surface area contributed by atoms with E-state index in [-0.39, 0.29) is 11.7 Å². The van der Waals surface area contributed by atoms with Crippen LogP contribution in [0.4, 0.5) is 0 Å². The Hall–Kier alpha value is -0.550. The maximum atomic E-state index is 11.0. The molecule has 20 heavy (non-hydrogen) atoms. The van der Waals surface area contributed by atoms with Crippen LogP contribution in [0, 0.1) is 5.92 Å². The lowest BCUT2D eigenvalue weighted by Crippen LogP contribution is -2.30. The number of carboxylic acids is 1. The van der Waals surface area contributed by atoms with Gasteiger partial charge in [-0.15, -0.1) is 0 Å². The zero-order chi connectivity index (χ0) is 14.7. The average Bonchev–Trinajstić information content (AvgIpc) is 2.42. The lowest BCUT2D eigenvalue weighted by molar-refractivity contribution is 0.0696. The van der Waals surface area contributed by atoms with E-state index in [9.17, 15) is 4.79 Å². The van der Waals surface area contributed by atoms with Crippen LogP contribution in [0.3, 0.4) is 0 Å². The molecule has 110 valence electrons. The second-order valence-corrected chi connectivity index (χ2v) is 6.89. The molecule has 0 aromatic heterocycles. The van der Waals surface area contributed by atoms with Crippen molar-refractivity contribution in [3.8, 4) is 5.75 Å². The van der Waals surface area contributed by atoms with Crippen LogP contribution in [0.2, 0.25) is 0 Å². The number of hydrogen-bond acceptors (Lipinski definition) is 2. The fourth-order valence-corrected chi connectivity index (χ4v) is 4.12. The topological polar surface area (TPSA) is 46.5 Å². The molecule has 0 radical (unpaired) electrons. The van der Waals surface area contributed by atoms with Crippen molar-refractivity contribution in [1.82, 2.24) is 0 Å². The summed E-state index contributed by atoms with van der Waals surface area (Å²) in [6.45, 7) is 2.20. The van der Waals surface area contributed by atoms with Crippen LogP contribution < -0.4 is 4.74 Å². The van der Waals surface area contributed by atoms with Gasteiger partial charge in [0.2, 0.25) is 0 Å². The van der Waals surface area contributed by atoms with Crippen LogP contribution in [0.25, 0.3) is 0 Å². The van der Waals surface area contributed by atoms with Gasteiger partial charge < -0.3 is 9.84 Å². The van der Waals surface area contributed by atoms with E-state index in [1.807, 2.05) is 0 Å². The summed E-state index contributed by atoms with van der Waals surface area (Å²) in [5.41, 5.74) is 0.242. The molecular weight excluding hydrogens is 388 g/mol. The van der Waals surface area contributed by atoms with Crippen LogP contribution >= 0.6 is 31.9 Å². The minimum Gasteiger partial charge on any atom is -0.488 e. The minimum atomic E-state index is -0.943. The number of aromatic carboxylic acids is 1. The third-order valence-electron chi connectivity index (χ3n) is 3.88. The fourth-order valence-electron chi connectivity index (χ4n) is 2.74.